The zero-order chi connectivity index (χ0) is 18.5. The molecular formula is C21H24N2O3. The van der Waals surface area contributed by atoms with E-state index in [-0.39, 0.29) is 18.4 Å². The Labute approximate surface area is 153 Å². The van der Waals surface area contributed by atoms with Crippen molar-refractivity contribution in [3.05, 3.63) is 53.9 Å². The number of pyridine rings is 1. The third kappa shape index (κ3) is 4.28. The Morgan fingerprint density at radius 1 is 1.19 bits per heavy atom. The highest BCUT2D eigenvalue weighted by atomic mass is 16.4. The van der Waals surface area contributed by atoms with Gasteiger partial charge in [-0.2, -0.15) is 0 Å². The molecule has 1 unspecified atom stereocenters. The monoisotopic (exact) mass is 352 g/mol. The van der Waals surface area contributed by atoms with Gasteiger partial charge in [0, 0.05) is 37.0 Å². The van der Waals surface area contributed by atoms with Crippen LogP contribution in [0.4, 0.5) is 0 Å². The van der Waals surface area contributed by atoms with E-state index in [9.17, 15) is 9.59 Å². The number of aliphatic carboxylic acids is 1. The Hall–Kier alpha value is -2.69. The van der Waals surface area contributed by atoms with E-state index in [1.807, 2.05) is 36.1 Å². The van der Waals surface area contributed by atoms with Crippen molar-refractivity contribution in [3.8, 4) is 11.1 Å². The van der Waals surface area contributed by atoms with E-state index < -0.39 is 5.97 Å². The molecule has 0 aliphatic carbocycles. The molecule has 1 aliphatic rings. The Morgan fingerprint density at radius 3 is 2.81 bits per heavy atom. The SMILES string of the molecule is Cc1cccc(-c2cncc(C(=O)N3CCCCC3CCC(=O)O)c2)c1. The molecule has 5 heteroatoms. The number of likely N-dealkylation sites (tertiary alicyclic amines) is 1. The van der Waals surface area contributed by atoms with Gasteiger partial charge in [-0.05, 0) is 44.2 Å². The molecule has 0 saturated carbocycles. The van der Waals surface area contributed by atoms with Gasteiger partial charge in [-0.15, -0.1) is 0 Å². The van der Waals surface area contributed by atoms with E-state index in [2.05, 4.69) is 11.1 Å². The fraction of sp³-hybridized carbons (Fsp3) is 0.381. The summed E-state index contributed by atoms with van der Waals surface area (Å²) in [6, 6.07) is 9.98. The highest BCUT2D eigenvalue weighted by Gasteiger charge is 2.28. The molecule has 0 spiro atoms. The van der Waals surface area contributed by atoms with Crippen molar-refractivity contribution < 1.29 is 14.7 Å². The molecule has 0 bridgehead atoms. The number of hydrogen-bond donors (Lipinski definition) is 1. The first-order valence-corrected chi connectivity index (χ1v) is 9.09. The van der Waals surface area contributed by atoms with Crippen LogP contribution in [0.2, 0.25) is 0 Å². The summed E-state index contributed by atoms with van der Waals surface area (Å²) in [5.41, 5.74) is 3.67. The quantitative estimate of drug-likeness (QED) is 0.885. The lowest BCUT2D eigenvalue weighted by atomic mass is 9.96. The number of piperidine rings is 1. The second-order valence-corrected chi connectivity index (χ2v) is 6.91. The van der Waals surface area contributed by atoms with Gasteiger partial charge in [-0.25, -0.2) is 0 Å². The minimum Gasteiger partial charge on any atom is -0.481 e. The zero-order valence-corrected chi connectivity index (χ0v) is 15.0. The van der Waals surface area contributed by atoms with Gasteiger partial charge in [0.25, 0.3) is 5.91 Å². The summed E-state index contributed by atoms with van der Waals surface area (Å²) >= 11 is 0. The summed E-state index contributed by atoms with van der Waals surface area (Å²) in [6.45, 7) is 2.71. The highest BCUT2D eigenvalue weighted by Crippen LogP contribution is 2.25. The van der Waals surface area contributed by atoms with Crippen LogP contribution in [0.3, 0.4) is 0 Å². The number of nitrogens with zero attached hydrogens (tertiary/aromatic N) is 2. The van der Waals surface area contributed by atoms with Gasteiger partial charge in [0.1, 0.15) is 0 Å². The van der Waals surface area contributed by atoms with Crippen LogP contribution in [0, 0.1) is 6.92 Å². The van der Waals surface area contributed by atoms with Gasteiger partial charge in [-0.3, -0.25) is 14.6 Å². The maximum absolute atomic E-state index is 13.0. The van der Waals surface area contributed by atoms with Crippen molar-refractivity contribution in [1.29, 1.82) is 0 Å². The minimum absolute atomic E-state index is 0.00465. The predicted octanol–water partition coefficient (Wildman–Crippen LogP) is 3.92. The molecule has 1 amide bonds. The number of benzene rings is 1. The van der Waals surface area contributed by atoms with Crippen LogP contribution in [-0.4, -0.2) is 39.5 Å². The van der Waals surface area contributed by atoms with E-state index >= 15 is 0 Å². The van der Waals surface area contributed by atoms with Crippen molar-refractivity contribution in [2.24, 2.45) is 0 Å². The highest BCUT2D eigenvalue weighted by molar-refractivity contribution is 5.95. The average Bonchev–Trinajstić information content (AvgIpc) is 2.66. The molecule has 1 N–H and O–H groups in total. The van der Waals surface area contributed by atoms with E-state index in [0.29, 0.717) is 18.5 Å². The van der Waals surface area contributed by atoms with Crippen molar-refractivity contribution >= 4 is 11.9 Å². The number of rotatable bonds is 5. The third-order valence-corrected chi connectivity index (χ3v) is 4.92. The smallest absolute Gasteiger partial charge is 0.303 e. The molecular weight excluding hydrogens is 328 g/mol. The van der Waals surface area contributed by atoms with Crippen molar-refractivity contribution in [2.75, 3.05) is 6.54 Å². The molecule has 1 aromatic heterocycles. The lowest BCUT2D eigenvalue weighted by Crippen LogP contribution is -2.44. The molecule has 1 fully saturated rings. The topological polar surface area (TPSA) is 70.5 Å². The van der Waals surface area contributed by atoms with Gasteiger partial charge in [0.15, 0.2) is 0 Å². The van der Waals surface area contributed by atoms with Gasteiger partial charge >= 0.3 is 5.97 Å². The maximum atomic E-state index is 13.0. The second kappa shape index (κ2) is 8.13. The predicted molar refractivity (Wildman–Crippen MR) is 100.0 cm³/mol. The Bertz CT molecular complexity index is 803. The molecule has 26 heavy (non-hydrogen) atoms. The standard InChI is InChI=1S/C21H24N2O3/c1-15-5-4-6-16(11-15)17-12-18(14-22-13-17)21(26)23-10-3-2-7-19(23)8-9-20(24)25/h4-6,11-14,19H,2-3,7-10H2,1H3,(H,24,25). The summed E-state index contributed by atoms with van der Waals surface area (Å²) in [5.74, 6) is -0.867. The summed E-state index contributed by atoms with van der Waals surface area (Å²) in [4.78, 5) is 30.0. The summed E-state index contributed by atoms with van der Waals surface area (Å²) in [7, 11) is 0. The van der Waals surface area contributed by atoms with E-state index in [1.54, 1.807) is 12.4 Å². The molecule has 1 saturated heterocycles. The van der Waals surface area contributed by atoms with Crippen LogP contribution < -0.4 is 0 Å². The largest absolute Gasteiger partial charge is 0.481 e. The Morgan fingerprint density at radius 2 is 2.04 bits per heavy atom. The molecule has 1 aromatic carbocycles. The van der Waals surface area contributed by atoms with Crippen molar-refractivity contribution in [1.82, 2.24) is 9.88 Å². The van der Waals surface area contributed by atoms with E-state index in [1.165, 1.54) is 0 Å². The first-order valence-electron chi connectivity index (χ1n) is 9.09. The summed E-state index contributed by atoms with van der Waals surface area (Å²) in [6.07, 6.45) is 6.83. The number of amides is 1. The molecule has 0 radical (unpaired) electrons. The first kappa shape index (κ1) is 18.1. The molecule has 1 atom stereocenters. The summed E-state index contributed by atoms with van der Waals surface area (Å²) < 4.78 is 0. The molecule has 3 rings (SSSR count). The van der Waals surface area contributed by atoms with Crippen molar-refractivity contribution in [2.45, 2.75) is 45.1 Å². The van der Waals surface area contributed by atoms with Crippen LogP contribution in [-0.2, 0) is 4.79 Å². The first-order chi connectivity index (χ1) is 12.5. The number of aryl methyl sites for hydroxylation is 1. The van der Waals surface area contributed by atoms with Gasteiger partial charge in [0.2, 0.25) is 0 Å². The second-order valence-electron chi connectivity index (χ2n) is 6.91. The molecule has 1 aliphatic heterocycles. The van der Waals surface area contributed by atoms with Crippen LogP contribution in [0.15, 0.2) is 42.7 Å². The molecule has 136 valence electrons. The molecule has 5 nitrogen and oxygen atoms in total. The molecule has 2 heterocycles. The third-order valence-electron chi connectivity index (χ3n) is 4.92. The van der Waals surface area contributed by atoms with Crippen LogP contribution in [0.1, 0.15) is 48.0 Å². The Kier molecular flexibility index (Phi) is 5.66. The zero-order valence-electron chi connectivity index (χ0n) is 15.0. The van der Waals surface area contributed by atoms with Gasteiger partial charge in [0.05, 0.1) is 5.56 Å². The average molecular weight is 352 g/mol. The fourth-order valence-corrected chi connectivity index (χ4v) is 3.56. The van der Waals surface area contributed by atoms with Crippen LogP contribution in [0.5, 0.6) is 0 Å². The van der Waals surface area contributed by atoms with Crippen molar-refractivity contribution in [3.63, 3.8) is 0 Å². The number of carboxylic acids is 1. The number of carbonyl (C=O) groups excluding carboxylic acids is 1. The Balaban J connectivity index is 1.82. The normalized spacial score (nSPS) is 17.1. The van der Waals surface area contributed by atoms with E-state index in [0.717, 1.165) is 36.0 Å². The lowest BCUT2D eigenvalue weighted by Gasteiger charge is -2.35. The van der Waals surface area contributed by atoms with Gasteiger partial charge in [-0.1, -0.05) is 29.8 Å². The van der Waals surface area contributed by atoms with E-state index in [4.69, 9.17) is 5.11 Å². The van der Waals surface area contributed by atoms with Crippen LogP contribution >= 0.6 is 0 Å². The maximum Gasteiger partial charge on any atom is 0.303 e. The van der Waals surface area contributed by atoms with Crippen LogP contribution in [0.25, 0.3) is 11.1 Å². The fourth-order valence-electron chi connectivity index (χ4n) is 3.56. The number of carbonyl (C=O) groups is 2. The minimum atomic E-state index is -0.814. The lowest BCUT2D eigenvalue weighted by molar-refractivity contribution is -0.137. The summed E-state index contributed by atoms with van der Waals surface area (Å²) in [5, 5.41) is 8.96. The number of carboxylic acid groups (broad SMARTS) is 1. The van der Waals surface area contributed by atoms with Gasteiger partial charge < -0.3 is 10.0 Å². The molecule has 2 aromatic rings. The number of aromatic nitrogens is 1. The number of hydrogen-bond acceptors (Lipinski definition) is 3.